The number of nitrogens with zero attached hydrogens (tertiary/aromatic N) is 2. The summed E-state index contributed by atoms with van der Waals surface area (Å²) >= 11 is 0. The third-order valence-corrected chi connectivity index (χ3v) is 6.20. The molecule has 0 spiro atoms. The summed E-state index contributed by atoms with van der Waals surface area (Å²) in [6.45, 7) is 4.27. The van der Waals surface area contributed by atoms with E-state index in [1.165, 1.54) is 25.3 Å². The molecule has 7 nitrogen and oxygen atoms in total. The number of sulfonamides is 1. The van der Waals surface area contributed by atoms with E-state index >= 15 is 0 Å². The Labute approximate surface area is 193 Å². The summed E-state index contributed by atoms with van der Waals surface area (Å²) in [5, 5.41) is 8.96. The lowest BCUT2D eigenvalue weighted by molar-refractivity contribution is 0.0762. The van der Waals surface area contributed by atoms with Gasteiger partial charge in [0, 0.05) is 18.7 Å². The number of anilines is 1. The number of ether oxygens (including phenoxy) is 1. The van der Waals surface area contributed by atoms with Crippen LogP contribution in [0.2, 0.25) is 0 Å². The maximum Gasteiger partial charge on any atom is 0.262 e. The average molecular weight is 462 g/mol. The van der Waals surface area contributed by atoms with Crippen molar-refractivity contribution in [2.75, 3.05) is 18.4 Å². The van der Waals surface area contributed by atoms with E-state index < -0.39 is 10.0 Å². The molecule has 33 heavy (non-hydrogen) atoms. The average Bonchev–Trinajstić information content (AvgIpc) is 2.84. The molecule has 1 amide bonds. The van der Waals surface area contributed by atoms with Crippen LogP contribution in [0.25, 0.3) is 0 Å². The number of carbonyl (C=O) groups is 1. The first-order valence-electron chi connectivity index (χ1n) is 10.0. The monoisotopic (exact) mass is 461 g/mol. The highest BCUT2D eigenvalue weighted by Crippen LogP contribution is 2.26. The minimum atomic E-state index is -3.96. The number of nitriles is 1. The Kier molecular flexibility index (Phi) is 7.49. The molecule has 0 bridgehead atoms. The van der Waals surface area contributed by atoms with Gasteiger partial charge in [-0.15, -0.1) is 6.58 Å². The first kappa shape index (κ1) is 23.6. The van der Waals surface area contributed by atoms with Crippen LogP contribution in [-0.4, -0.2) is 32.9 Å². The molecule has 0 aliphatic carbocycles. The summed E-state index contributed by atoms with van der Waals surface area (Å²) in [6.07, 6.45) is 1.60. The zero-order valence-electron chi connectivity index (χ0n) is 18.1. The topological polar surface area (TPSA) is 99.5 Å². The minimum Gasteiger partial charge on any atom is -0.495 e. The fraction of sp³-hybridized carbons (Fsp3) is 0.120. The molecule has 0 radical (unpaired) electrons. The lowest BCUT2D eigenvalue weighted by atomic mass is 10.1. The van der Waals surface area contributed by atoms with Gasteiger partial charge in [0.15, 0.2) is 0 Å². The predicted octanol–water partition coefficient (Wildman–Crippen LogP) is 4.20. The van der Waals surface area contributed by atoms with E-state index in [2.05, 4.69) is 17.4 Å². The molecule has 0 heterocycles. The number of rotatable bonds is 9. The van der Waals surface area contributed by atoms with Crippen molar-refractivity contribution in [3.63, 3.8) is 0 Å². The Morgan fingerprint density at radius 1 is 1.12 bits per heavy atom. The molecular weight excluding hydrogens is 438 g/mol. The molecule has 3 aromatic carbocycles. The normalized spacial score (nSPS) is 10.7. The van der Waals surface area contributed by atoms with E-state index in [0.717, 1.165) is 5.56 Å². The smallest absolute Gasteiger partial charge is 0.262 e. The van der Waals surface area contributed by atoms with Crippen molar-refractivity contribution in [3.05, 3.63) is 102 Å². The molecule has 8 heteroatoms. The highest BCUT2D eigenvalue weighted by molar-refractivity contribution is 7.92. The van der Waals surface area contributed by atoms with E-state index in [9.17, 15) is 13.2 Å². The van der Waals surface area contributed by atoms with Crippen molar-refractivity contribution >= 4 is 21.6 Å². The lowest BCUT2D eigenvalue weighted by Gasteiger charge is -2.22. The maximum absolute atomic E-state index is 13.2. The maximum atomic E-state index is 13.2. The van der Waals surface area contributed by atoms with Gasteiger partial charge in [0.1, 0.15) is 5.75 Å². The predicted molar refractivity (Wildman–Crippen MR) is 126 cm³/mol. The zero-order valence-corrected chi connectivity index (χ0v) is 18.9. The van der Waals surface area contributed by atoms with Crippen LogP contribution in [0.1, 0.15) is 21.5 Å². The number of nitrogens with one attached hydrogen (secondary N) is 1. The SMILES string of the molecule is C=CCN(Cc1ccc(C#N)cc1)C(=O)c1cccc(S(=O)(=O)Nc2ccccc2OC)c1. The second-order valence-corrected chi connectivity index (χ2v) is 8.80. The van der Waals surface area contributed by atoms with E-state index in [1.807, 2.05) is 0 Å². The highest BCUT2D eigenvalue weighted by atomic mass is 32.2. The molecule has 0 aliphatic rings. The van der Waals surface area contributed by atoms with Crippen molar-refractivity contribution in [3.8, 4) is 11.8 Å². The standard InChI is InChI=1S/C25H23N3O4S/c1-3-15-28(18-20-13-11-19(17-26)12-14-20)25(29)21-7-6-8-22(16-21)33(30,31)27-23-9-4-5-10-24(23)32-2/h3-14,16,27H,1,15,18H2,2H3. The van der Waals surface area contributed by atoms with Gasteiger partial charge < -0.3 is 9.64 Å². The number of hydrogen-bond donors (Lipinski definition) is 1. The van der Waals surface area contributed by atoms with Gasteiger partial charge in [-0.25, -0.2) is 8.42 Å². The number of benzene rings is 3. The van der Waals surface area contributed by atoms with Crippen LogP contribution in [0.4, 0.5) is 5.69 Å². The number of methoxy groups -OCH3 is 1. The van der Waals surface area contributed by atoms with Crippen molar-refractivity contribution in [1.82, 2.24) is 4.90 Å². The number of hydrogen-bond acceptors (Lipinski definition) is 5. The Bertz CT molecular complexity index is 1300. The first-order chi connectivity index (χ1) is 15.9. The van der Waals surface area contributed by atoms with Gasteiger partial charge in [-0.3, -0.25) is 9.52 Å². The summed E-state index contributed by atoms with van der Waals surface area (Å²) in [6, 6.07) is 21.5. The van der Waals surface area contributed by atoms with Crippen LogP contribution in [0.3, 0.4) is 0 Å². The van der Waals surface area contributed by atoms with Crippen molar-refractivity contribution in [2.24, 2.45) is 0 Å². The van der Waals surface area contributed by atoms with E-state index in [0.29, 0.717) is 17.0 Å². The molecule has 0 unspecified atom stereocenters. The molecule has 0 aliphatic heterocycles. The van der Waals surface area contributed by atoms with Gasteiger partial charge in [-0.05, 0) is 48.0 Å². The summed E-state index contributed by atoms with van der Waals surface area (Å²) in [7, 11) is -2.51. The van der Waals surface area contributed by atoms with Crippen LogP contribution in [-0.2, 0) is 16.6 Å². The van der Waals surface area contributed by atoms with Crippen molar-refractivity contribution in [1.29, 1.82) is 5.26 Å². The molecule has 3 rings (SSSR count). The van der Waals surface area contributed by atoms with Crippen LogP contribution in [0.15, 0.2) is 90.3 Å². The first-order valence-corrected chi connectivity index (χ1v) is 11.5. The lowest BCUT2D eigenvalue weighted by Crippen LogP contribution is -2.31. The third-order valence-electron chi connectivity index (χ3n) is 4.84. The summed E-state index contributed by atoms with van der Waals surface area (Å²) in [4.78, 5) is 14.7. The van der Waals surface area contributed by atoms with Crippen LogP contribution in [0.5, 0.6) is 5.75 Å². The molecule has 0 saturated carbocycles. The van der Waals surface area contributed by atoms with E-state index in [1.54, 1.807) is 65.6 Å². The van der Waals surface area contributed by atoms with Gasteiger partial charge in [0.2, 0.25) is 0 Å². The highest BCUT2D eigenvalue weighted by Gasteiger charge is 2.20. The van der Waals surface area contributed by atoms with E-state index in [4.69, 9.17) is 10.00 Å². The van der Waals surface area contributed by atoms with Crippen LogP contribution >= 0.6 is 0 Å². The van der Waals surface area contributed by atoms with Gasteiger partial charge in [0.25, 0.3) is 15.9 Å². The Hall–Kier alpha value is -4.09. The summed E-state index contributed by atoms with van der Waals surface area (Å²) in [5.74, 6) is 0.0430. The largest absolute Gasteiger partial charge is 0.495 e. The minimum absolute atomic E-state index is 0.0452. The zero-order chi connectivity index (χ0) is 23.8. The van der Waals surface area contributed by atoms with Crippen LogP contribution in [0, 0.1) is 11.3 Å². The molecule has 0 atom stereocenters. The fourth-order valence-electron chi connectivity index (χ4n) is 3.19. The summed E-state index contributed by atoms with van der Waals surface area (Å²) < 4.78 is 33.6. The second-order valence-electron chi connectivity index (χ2n) is 7.12. The van der Waals surface area contributed by atoms with E-state index in [-0.39, 0.29) is 29.5 Å². The molecule has 1 N–H and O–H groups in total. The number of para-hydroxylation sites is 2. The quantitative estimate of drug-likeness (QED) is 0.482. The Morgan fingerprint density at radius 3 is 2.52 bits per heavy atom. The summed E-state index contributed by atoms with van der Waals surface area (Å²) in [5.41, 5.74) is 1.89. The molecule has 0 fully saturated rings. The molecule has 0 aromatic heterocycles. The van der Waals surface area contributed by atoms with Gasteiger partial charge in [-0.2, -0.15) is 5.26 Å². The molecular formula is C25H23N3O4S. The molecule has 168 valence electrons. The van der Waals surface area contributed by atoms with Crippen LogP contribution < -0.4 is 9.46 Å². The Morgan fingerprint density at radius 2 is 1.85 bits per heavy atom. The fourth-order valence-corrected chi connectivity index (χ4v) is 4.31. The Balaban J connectivity index is 1.85. The number of amides is 1. The third kappa shape index (κ3) is 5.79. The van der Waals surface area contributed by atoms with Gasteiger partial charge in [0.05, 0.1) is 29.3 Å². The van der Waals surface area contributed by atoms with Crippen molar-refractivity contribution < 1.29 is 17.9 Å². The van der Waals surface area contributed by atoms with Gasteiger partial charge >= 0.3 is 0 Å². The number of carbonyl (C=O) groups excluding carboxylic acids is 1. The molecule has 0 saturated heterocycles. The van der Waals surface area contributed by atoms with Gasteiger partial charge in [-0.1, -0.05) is 36.4 Å². The van der Waals surface area contributed by atoms with Crippen molar-refractivity contribution in [2.45, 2.75) is 11.4 Å². The second kappa shape index (κ2) is 10.5. The molecule has 3 aromatic rings.